The van der Waals surface area contributed by atoms with E-state index < -0.39 is 16.7 Å². The highest BCUT2D eigenvalue weighted by Crippen LogP contribution is 2.30. The minimum Gasteiger partial charge on any atom is -0.376 e. The van der Waals surface area contributed by atoms with Crippen molar-refractivity contribution in [2.75, 3.05) is 26.4 Å². The van der Waals surface area contributed by atoms with Crippen LogP contribution in [0.2, 0.25) is 0 Å². The fourth-order valence-electron chi connectivity index (χ4n) is 2.95. The molecule has 1 atom stereocenters. The molecule has 2 aliphatic rings. The first-order chi connectivity index (χ1) is 11.0. The van der Waals surface area contributed by atoms with Crippen LogP contribution in [0.3, 0.4) is 0 Å². The quantitative estimate of drug-likeness (QED) is 0.471. The maximum atomic E-state index is 12.5. The lowest BCUT2D eigenvalue weighted by Crippen LogP contribution is -2.48. The number of morpholine rings is 1. The minimum atomic E-state index is -0.630. The van der Waals surface area contributed by atoms with Crippen LogP contribution in [-0.4, -0.2) is 59.0 Å². The highest BCUT2D eigenvalue weighted by Gasteiger charge is 2.41. The zero-order valence-corrected chi connectivity index (χ0v) is 12.7. The van der Waals surface area contributed by atoms with Crippen molar-refractivity contribution in [2.24, 2.45) is 0 Å². The van der Waals surface area contributed by atoms with Gasteiger partial charge in [0.2, 0.25) is 0 Å². The van der Waals surface area contributed by atoms with E-state index in [-0.39, 0.29) is 29.6 Å². The van der Waals surface area contributed by atoms with Crippen molar-refractivity contribution in [1.29, 1.82) is 0 Å². The number of carbonyl (C=O) groups is 2. The van der Waals surface area contributed by atoms with Gasteiger partial charge in [-0.3, -0.25) is 29.5 Å². The number of benzene rings is 1. The number of amides is 2. The standard InChI is InChI=1S/C15H17N3O5/c1-2-10-8-16(6-7-23-10)9-17-14(19)11-4-3-5-12(18(21)22)13(11)15(17)20/h3-5,10H,2,6-9H2,1H3. The maximum absolute atomic E-state index is 12.5. The Bertz CT molecular complexity index is 675. The van der Waals surface area contributed by atoms with Gasteiger partial charge in [-0.2, -0.15) is 0 Å². The number of rotatable bonds is 4. The Morgan fingerprint density at radius 1 is 1.35 bits per heavy atom. The first-order valence-corrected chi connectivity index (χ1v) is 7.50. The molecule has 1 unspecified atom stereocenters. The second kappa shape index (κ2) is 6.05. The molecule has 0 bridgehead atoms. The van der Waals surface area contributed by atoms with E-state index in [0.29, 0.717) is 19.7 Å². The summed E-state index contributed by atoms with van der Waals surface area (Å²) in [5.74, 6) is -1.08. The van der Waals surface area contributed by atoms with Crippen LogP contribution in [0.1, 0.15) is 34.1 Å². The number of nitrogens with zero attached hydrogens (tertiary/aromatic N) is 3. The Kier molecular flexibility index (Phi) is 4.10. The summed E-state index contributed by atoms with van der Waals surface area (Å²) in [7, 11) is 0. The Balaban J connectivity index is 1.83. The summed E-state index contributed by atoms with van der Waals surface area (Å²) in [5.41, 5.74) is -0.330. The highest BCUT2D eigenvalue weighted by atomic mass is 16.6. The van der Waals surface area contributed by atoms with E-state index in [4.69, 9.17) is 4.74 Å². The fourth-order valence-corrected chi connectivity index (χ4v) is 2.95. The lowest BCUT2D eigenvalue weighted by molar-refractivity contribution is -0.385. The number of hydrogen-bond acceptors (Lipinski definition) is 6. The number of nitro benzene ring substituents is 1. The molecular weight excluding hydrogens is 302 g/mol. The molecule has 0 aromatic heterocycles. The van der Waals surface area contributed by atoms with Crippen molar-refractivity contribution >= 4 is 17.5 Å². The van der Waals surface area contributed by atoms with Gasteiger partial charge in [-0.05, 0) is 12.5 Å². The zero-order chi connectivity index (χ0) is 16.6. The van der Waals surface area contributed by atoms with Gasteiger partial charge in [-0.1, -0.05) is 13.0 Å². The van der Waals surface area contributed by atoms with E-state index in [9.17, 15) is 19.7 Å². The monoisotopic (exact) mass is 319 g/mol. The number of hydrogen-bond donors (Lipinski definition) is 0. The molecule has 0 saturated carbocycles. The Morgan fingerprint density at radius 3 is 2.83 bits per heavy atom. The van der Waals surface area contributed by atoms with Crippen LogP contribution in [0.4, 0.5) is 5.69 Å². The van der Waals surface area contributed by atoms with Crippen LogP contribution in [0.15, 0.2) is 18.2 Å². The highest BCUT2D eigenvalue weighted by molar-refractivity contribution is 6.23. The molecule has 1 aromatic carbocycles. The molecular formula is C15H17N3O5. The van der Waals surface area contributed by atoms with Gasteiger partial charge in [0.1, 0.15) is 5.56 Å². The van der Waals surface area contributed by atoms with E-state index in [1.807, 2.05) is 11.8 Å². The molecule has 3 rings (SSSR count). The van der Waals surface area contributed by atoms with Crippen molar-refractivity contribution in [2.45, 2.75) is 19.4 Å². The van der Waals surface area contributed by atoms with Gasteiger partial charge >= 0.3 is 0 Å². The SMILES string of the molecule is CCC1CN(CN2C(=O)c3cccc([N+](=O)[O-])c3C2=O)CCO1. The van der Waals surface area contributed by atoms with Crippen LogP contribution in [-0.2, 0) is 4.74 Å². The molecule has 8 nitrogen and oxygen atoms in total. The van der Waals surface area contributed by atoms with E-state index in [0.717, 1.165) is 11.3 Å². The molecule has 2 amide bonds. The summed E-state index contributed by atoms with van der Waals surface area (Å²) in [6.07, 6.45) is 0.928. The van der Waals surface area contributed by atoms with Gasteiger partial charge < -0.3 is 4.74 Å². The number of fused-ring (bicyclic) bond motifs is 1. The summed E-state index contributed by atoms with van der Waals surface area (Å²) in [6.45, 7) is 3.93. The van der Waals surface area contributed by atoms with Gasteiger partial charge in [0.15, 0.2) is 0 Å². The summed E-state index contributed by atoms with van der Waals surface area (Å²) >= 11 is 0. The lowest BCUT2D eigenvalue weighted by atomic mass is 10.1. The third kappa shape index (κ3) is 2.71. The van der Waals surface area contributed by atoms with Crippen molar-refractivity contribution in [3.8, 4) is 0 Å². The normalized spacial score (nSPS) is 21.6. The second-order valence-electron chi connectivity index (χ2n) is 5.61. The Morgan fingerprint density at radius 2 is 2.13 bits per heavy atom. The summed E-state index contributed by atoms with van der Waals surface area (Å²) in [5, 5.41) is 11.1. The Hall–Kier alpha value is -2.32. The summed E-state index contributed by atoms with van der Waals surface area (Å²) < 4.78 is 5.57. The average Bonchev–Trinajstić information content (AvgIpc) is 2.80. The van der Waals surface area contributed by atoms with E-state index in [1.54, 1.807) is 0 Å². The third-order valence-corrected chi connectivity index (χ3v) is 4.19. The Labute approximate surface area is 132 Å². The molecule has 1 saturated heterocycles. The molecule has 23 heavy (non-hydrogen) atoms. The number of imide groups is 1. The lowest BCUT2D eigenvalue weighted by Gasteiger charge is -2.34. The first kappa shape index (κ1) is 15.6. The van der Waals surface area contributed by atoms with Crippen molar-refractivity contribution in [1.82, 2.24) is 9.80 Å². The predicted octanol–water partition coefficient (Wildman–Crippen LogP) is 1.26. The van der Waals surface area contributed by atoms with E-state index in [2.05, 4.69) is 0 Å². The molecule has 0 aliphatic carbocycles. The smallest absolute Gasteiger partial charge is 0.282 e. The third-order valence-electron chi connectivity index (χ3n) is 4.19. The van der Waals surface area contributed by atoms with Crippen molar-refractivity contribution in [3.05, 3.63) is 39.4 Å². The van der Waals surface area contributed by atoms with E-state index in [1.165, 1.54) is 18.2 Å². The van der Waals surface area contributed by atoms with Crippen LogP contribution in [0.25, 0.3) is 0 Å². The van der Waals surface area contributed by atoms with Gasteiger partial charge in [0.05, 0.1) is 29.9 Å². The zero-order valence-electron chi connectivity index (χ0n) is 12.7. The molecule has 0 spiro atoms. The van der Waals surface area contributed by atoms with Gasteiger partial charge in [0, 0.05) is 19.2 Å². The van der Waals surface area contributed by atoms with Crippen LogP contribution >= 0.6 is 0 Å². The van der Waals surface area contributed by atoms with Crippen molar-refractivity contribution < 1.29 is 19.2 Å². The topological polar surface area (TPSA) is 93.0 Å². The fraction of sp³-hybridized carbons (Fsp3) is 0.467. The van der Waals surface area contributed by atoms with Gasteiger partial charge in [-0.25, -0.2) is 0 Å². The molecule has 2 aliphatic heterocycles. The maximum Gasteiger partial charge on any atom is 0.282 e. The number of carbonyl (C=O) groups excluding carboxylic acids is 2. The van der Waals surface area contributed by atoms with Crippen LogP contribution < -0.4 is 0 Å². The van der Waals surface area contributed by atoms with E-state index >= 15 is 0 Å². The molecule has 0 radical (unpaired) electrons. The first-order valence-electron chi connectivity index (χ1n) is 7.50. The summed E-state index contributed by atoms with van der Waals surface area (Å²) in [4.78, 5) is 38.4. The largest absolute Gasteiger partial charge is 0.376 e. The van der Waals surface area contributed by atoms with Crippen molar-refractivity contribution in [3.63, 3.8) is 0 Å². The second-order valence-corrected chi connectivity index (χ2v) is 5.61. The molecule has 122 valence electrons. The molecule has 8 heteroatoms. The molecule has 1 fully saturated rings. The minimum absolute atomic E-state index is 0.0771. The van der Waals surface area contributed by atoms with Crippen LogP contribution in [0.5, 0.6) is 0 Å². The number of ether oxygens (including phenoxy) is 1. The van der Waals surface area contributed by atoms with Gasteiger partial charge in [0.25, 0.3) is 17.5 Å². The van der Waals surface area contributed by atoms with Gasteiger partial charge in [-0.15, -0.1) is 0 Å². The molecule has 1 aromatic rings. The predicted molar refractivity (Wildman–Crippen MR) is 80.1 cm³/mol. The summed E-state index contributed by atoms with van der Waals surface area (Å²) in [6, 6.07) is 4.12. The molecule has 0 N–H and O–H groups in total. The average molecular weight is 319 g/mol. The van der Waals surface area contributed by atoms with Crippen LogP contribution in [0, 0.1) is 10.1 Å². The molecule has 2 heterocycles. The number of nitro groups is 1.